The van der Waals surface area contributed by atoms with Gasteiger partial charge in [-0.15, -0.1) is 10.2 Å². The van der Waals surface area contributed by atoms with Crippen LogP contribution in [0.25, 0.3) is 10.9 Å². The SMILES string of the molecule is O=C(N=Nc1c(O)[nH]c2ccc(F)cc12)c1cccc([N+](=O)[O-])c1. The molecule has 0 saturated carbocycles. The van der Waals surface area contributed by atoms with Crippen LogP contribution in [-0.2, 0) is 0 Å². The number of rotatable bonds is 3. The van der Waals surface area contributed by atoms with Gasteiger partial charge in [-0.1, -0.05) is 6.07 Å². The molecule has 0 spiro atoms. The third-order valence-corrected chi connectivity index (χ3v) is 3.26. The number of nitrogens with zero attached hydrogens (tertiary/aromatic N) is 3. The molecule has 2 N–H and O–H groups in total. The largest absolute Gasteiger partial charge is 0.493 e. The predicted molar refractivity (Wildman–Crippen MR) is 81.9 cm³/mol. The second-order valence-corrected chi connectivity index (χ2v) is 4.82. The van der Waals surface area contributed by atoms with Crippen LogP contribution in [0.5, 0.6) is 5.88 Å². The topological polar surface area (TPSA) is 121 Å². The molecule has 2 aromatic carbocycles. The Labute approximate surface area is 133 Å². The van der Waals surface area contributed by atoms with Crippen LogP contribution >= 0.6 is 0 Å². The molecule has 0 unspecified atom stereocenters. The fraction of sp³-hybridized carbons (Fsp3) is 0. The van der Waals surface area contributed by atoms with Crippen molar-refractivity contribution in [2.45, 2.75) is 0 Å². The Morgan fingerprint density at radius 3 is 2.79 bits per heavy atom. The smallest absolute Gasteiger partial charge is 0.295 e. The summed E-state index contributed by atoms with van der Waals surface area (Å²) in [7, 11) is 0. The molecule has 8 nitrogen and oxygen atoms in total. The van der Waals surface area contributed by atoms with Gasteiger partial charge in [0.05, 0.1) is 16.0 Å². The molecule has 3 aromatic rings. The lowest BCUT2D eigenvalue weighted by Crippen LogP contribution is -1.95. The van der Waals surface area contributed by atoms with E-state index in [-0.39, 0.29) is 28.2 Å². The van der Waals surface area contributed by atoms with Gasteiger partial charge in [-0.2, -0.15) is 0 Å². The highest BCUT2D eigenvalue weighted by Gasteiger charge is 2.14. The summed E-state index contributed by atoms with van der Waals surface area (Å²) in [5.74, 6) is -1.74. The number of fused-ring (bicyclic) bond motifs is 1. The van der Waals surface area contributed by atoms with Gasteiger partial charge >= 0.3 is 0 Å². The number of hydrogen-bond acceptors (Lipinski definition) is 5. The Morgan fingerprint density at radius 1 is 1.25 bits per heavy atom. The summed E-state index contributed by atoms with van der Waals surface area (Å²) in [5, 5.41) is 27.8. The molecule has 24 heavy (non-hydrogen) atoms. The molecule has 120 valence electrons. The van der Waals surface area contributed by atoms with Crippen molar-refractivity contribution in [1.29, 1.82) is 0 Å². The lowest BCUT2D eigenvalue weighted by atomic mass is 10.2. The van der Waals surface area contributed by atoms with Crippen molar-refractivity contribution in [1.82, 2.24) is 4.98 Å². The maximum Gasteiger partial charge on any atom is 0.295 e. The molecule has 1 aromatic heterocycles. The average molecular weight is 328 g/mol. The molecular weight excluding hydrogens is 319 g/mol. The fourth-order valence-electron chi connectivity index (χ4n) is 2.14. The number of nitro groups is 1. The van der Waals surface area contributed by atoms with Crippen molar-refractivity contribution in [3.8, 4) is 5.88 Å². The van der Waals surface area contributed by atoms with Gasteiger partial charge in [0.15, 0.2) is 5.69 Å². The van der Waals surface area contributed by atoms with Crippen LogP contribution in [0.4, 0.5) is 15.8 Å². The molecule has 0 radical (unpaired) electrons. The molecule has 9 heteroatoms. The van der Waals surface area contributed by atoms with Crippen LogP contribution < -0.4 is 0 Å². The van der Waals surface area contributed by atoms with Crippen molar-refractivity contribution in [3.05, 3.63) is 64.0 Å². The number of aromatic nitrogens is 1. The highest BCUT2D eigenvalue weighted by atomic mass is 19.1. The molecular formula is C15H9FN4O4. The molecule has 0 atom stereocenters. The number of aromatic amines is 1. The zero-order valence-electron chi connectivity index (χ0n) is 11.9. The van der Waals surface area contributed by atoms with Crippen molar-refractivity contribution in [3.63, 3.8) is 0 Å². The van der Waals surface area contributed by atoms with E-state index in [0.717, 1.165) is 12.1 Å². The minimum atomic E-state index is -0.830. The second-order valence-electron chi connectivity index (χ2n) is 4.82. The molecule has 1 heterocycles. The van der Waals surface area contributed by atoms with E-state index in [4.69, 9.17) is 0 Å². The number of nitrogens with one attached hydrogen (secondary N) is 1. The standard InChI is InChI=1S/C15H9FN4O4/c16-9-4-5-12-11(7-9)13(15(22)17-12)18-19-14(21)8-2-1-3-10(6-8)20(23)24/h1-7,17,22H. The Balaban J connectivity index is 1.95. The number of benzene rings is 2. The van der Waals surface area contributed by atoms with E-state index in [0.29, 0.717) is 5.52 Å². The van der Waals surface area contributed by atoms with Crippen LogP contribution in [0.1, 0.15) is 10.4 Å². The van der Waals surface area contributed by atoms with Gasteiger partial charge in [0.25, 0.3) is 11.6 Å². The van der Waals surface area contributed by atoms with Crippen LogP contribution in [-0.4, -0.2) is 20.9 Å². The highest BCUT2D eigenvalue weighted by molar-refractivity contribution is 5.97. The monoisotopic (exact) mass is 328 g/mol. The van der Waals surface area contributed by atoms with E-state index in [1.807, 2.05) is 0 Å². The second kappa shape index (κ2) is 5.88. The van der Waals surface area contributed by atoms with Gasteiger partial charge in [-0.3, -0.25) is 14.9 Å². The summed E-state index contributed by atoms with van der Waals surface area (Å²) in [4.78, 5) is 24.6. The van der Waals surface area contributed by atoms with Gasteiger partial charge in [0.2, 0.25) is 5.88 Å². The molecule has 0 saturated heterocycles. The molecule has 0 aliphatic carbocycles. The molecule has 0 aliphatic rings. The van der Waals surface area contributed by atoms with Crippen molar-refractivity contribution in [2.75, 3.05) is 0 Å². The van der Waals surface area contributed by atoms with E-state index < -0.39 is 16.6 Å². The van der Waals surface area contributed by atoms with E-state index in [1.54, 1.807) is 0 Å². The minimum Gasteiger partial charge on any atom is -0.493 e. The predicted octanol–water partition coefficient (Wildman–Crippen LogP) is 3.84. The van der Waals surface area contributed by atoms with Gasteiger partial charge in [0.1, 0.15) is 5.82 Å². The summed E-state index contributed by atoms with van der Waals surface area (Å²) in [6.45, 7) is 0. The minimum absolute atomic E-state index is 0.0292. The number of H-pyrrole nitrogens is 1. The number of amides is 1. The van der Waals surface area contributed by atoms with Gasteiger partial charge in [0, 0.05) is 17.5 Å². The van der Waals surface area contributed by atoms with E-state index in [2.05, 4.69) is 15.2 Å². The number of aromatic hydroxyl groups is 1. The molecule has 0 bridgehead atoms. The number of azo groups is 1. The number of non-ortho nitro benzene ring substituents is 1. The van der Waals surface area contributed by atoms with Gasteiger partial charge in [-0.05, 0) is 24.3 Å². The first-order valence-corrected chi connectivity index (χ1v) is 6.66. The first-order chi connectivity index (χ1) is 11.5. The van der Waals surface area contributed by atoms with E-state index in [9.17, 15) is 24.4 Å². The number of nitro benzene ring substituents is 1. The third-order valence-electron chi connectivity index (χ3n) is 3.26. The van der Waals surface area contributed by atoms with E-state index >= 15 is 0 Å². The van der Waals surface area contributed by atoms with Crippen molar-refractivity contribution >= 4 is 28.2 Å². The van der Waals surface area contributed by atoms with Crippen LogP contribution in [0, 0.1) is 15.9 Å². The summed E-state index contributed by atoms with van der Waals surface area (Å²) >= 11 is 0. The number of halogens is 1. The van der Waals surface area contributed by atoms with Crippen LogP contribution in [0.2, 0.25) is 0 Å². The molecule has 0 aliphatic heterocycles. The highest BCUT2D eigenvalue weighted by Crippen LogP contribution is 2.35. The lowest BCUT2D eigenvalue weighted by molar-refractivity contribution is -0.384. The maximum absolute atomic E-state index is 13.3. The zero-order valence-corrected chi connectivity index (χ0v) is 11.9. The van der Waals surface area contributed by atoms with Gasteiger partial charge < -0.3 is 10.1 Å². The Bertz CT molecular complexity index is 996. The van der Waals surface area contributed by atoms with Crippen molar-refractivity contribution < 1.29 is 19.2 Å². The van der Waals surface area contributed by atoms with Crippen molar-refractivity contribution in [2.24, 2.45) is 10.2 Å². The summed E-state index contributed by atoms with van der Waals surface area (Å²) < 4.78 is 13.3. The summed E-state index contributed by atoms with van der Waals surface area (Å²) in [5.41, 5.74) is 0.0421. The lowest BCUT2D eigenvalue weighted by Gasteiger charge is -1.95. The Kier molecular flexibility index (Phi) is 3.74. The molecule has 0 fully saturated rings. The van der Waals surface area contributed by atoms with E-state index in [1.165, 1.54) is 30.3 Å². The summed E-state index contributed by atoms with van der Waals surface area (Å²) in [6, 6.07) is 8.75. The zero-order chi connectivity index (χ0) is 17.3. The fourth-order valence-corrected chi connectivity index (χ4v) is 2.14. The van der Waals surface area contributed by atoms with Crippen LogP contribution in [0.15, 0.2) is 52.7 Å². The summed E-state index contributed by atoms with van der Waals surface area (Å²) in [6.07, 6.45) is 0. The maximum atomic E-state index is 13.3. The third kappa shape index (κ3) is 2.82. The first kappa shape index (κ1) is 15.3. The number of hydrogen-bond donors (Lipinski definition) is 2. The first-order valence-electron chi connectivity index (χ1n) is 6.66. The normalized spacial score (nSPS) is 11.2. The number of carbonyl (C=O) groups excluding carboxylic acids is 1. The van der Waals surface area contributed by atoms with Crippen LogP contribution in [0.3, 0.4) is 0 Å². The Hall–Kier alpha value is -3.62. The average Bonchev–Trinajstić information content (AvgIpc) is 2.87. The quantitative estimate of drug-likeness (QED) is 0.431. The Morgan fingerprint density at radius 2 is 2.04 bits per heavy atom. The number of carbonyl (C=O) groups is 1. The van der Waals surface area contributed by atoms with Gasteiger partial charge in [-0.25, -0.2) is 4.39 Å². The molecule has 1 amide bonds. The molecule has 3 rings (SSSR count).